The van der Waals surface area contributed by atoms with Gasteiger partial charge in [-0.2, -0.15) is 0 Å². The molecule has 0 aromatic heterocycles. The molecular weight excluding hydrogens is 380 g/mol. The summed E-state index contributed by atoms with van der Waals surface area (Å²) in [6.07, 6.45) is 12.6. The zero-order valence-electron chi connectivity index (χ0n) is 19.9. The molecular formula is C29H42O2. The second-order valence-corrected chi connectivity index (χ2v) is 9.10. The Morgan fingerprint density at radius 2 is 1.16 bits per heavy atom. The Bertz CT molecular complexity index is 745. The van der Waals surface area contributed by atoms with Gasteiger partial charge in [-0.15, -0.1) is 0 Å². The van der Waals surface area contributed by atoms with Crippen LogP contribution in [0.3, 0.4) is 0 Å². The molecule has 0 saturated heterocycles. The molecule has 0 spiro atoms. The van der Waals surface area contributed by atoms with Gasteiger partial charge >= 0.3 is 5.97 Å². The SMILES string of the molecule is CCCCCCc1ccc(C(C)C(CC(=O)O)c2ccc(CCCCCC)cc2)cc1. The number of aliphatic carboxylic acids is 1. The third kappa shape index (κ3) is 8.89. The van der Waals surface area contributed by atoms with E-state index in [0.29, 0.717) is 0 Å². The Morgan fingerprint density at radius 3 is 1.58 bits per heavy atom. The molecule has 1 N–H and O–H groups in total. The molecule has 2 atom stereocenters. The summed E-state index contributed by atoms with van der Waals surface area (Å²) in [5.74, 6) is -0.573. The lowest BCUT2D eigenvalue weighted by Crippen LogP contribution is -2.13. The smallest absolute Gasteiger partial charge is 0.303 e. The maximum absolute atomic E-state index is 11.6. The van der Waals surface area contributed by atoms with Crippen molar-refractivity contribution in [2.75, 3.05) is 0 Å². The average molecular weight is 423 g/mol. The minimum absolute atomic E-state index is 0.0120. The number of aryl methyl sites for hydroxylation is 2. The number of hydrogen-bond acceptors (Lipinski definition) is 1. The largest absolute Gasteiger partial charge is 0.481 e. The molecule has 0 radical (unpaired) electrons. The maximum Gasteiger partial charge on any atom is 0.303 e. The fourth-order valence-electron chi connectivity index (χ4n) is 4.43. The van der Waals surface area contributed by atoms with Crippen molar-refractivity contribution in [1.29, 1.82) is 0 Å². The van der Waals surface area contributed by atoms with E-state index in [-0.39, 0.29) is 18.3 Å². The minimum Gasteiger partial charge on any atom is -0.481 e. The number of rotatable bonds is 15. The average Bonchev–Trinajstić information content (AvgIpc) is 2.78. The lowest BCUT2D eigenvalue weighted by atomic mass is 9.80. The number of carboxylic acid groups (broad SMARTS) is 1. The monoisotopic (exact) mass is 422 g/mol. The molecule has 0 aliphatic carbocycles. The van der Waals surface area contributed by atoms with Crippen molar-refractivity contribution in [2.45, 2.75) is 103 Å². The second-order valence-electron chi connectivity index (χ2n) is 9.10. The van der Waals surface area contributed by atoms with Gasteiger partial charge in [-0.3, -0.25) is 4.79 Å². The van der Waals surface area contributed by atoms with Crippen molar-refractivity contribution in [3.63, 3.8) is 0 Å². The highest BCUT2D eigenvalue weighted by atomic mass is 16.4. The number of benzene rings is 2. The lowest BCUT2D eigenvalue weighted by molar-refractivity contribution is -0.137. The standard InChI is InChI=1S/C29H42O2/c1-4-6-8-10-12-24-14-18-26(19-15-24)23(3)28(22-29(30)31)27-20-16-25(17-21-27)13-11-9-7-5-2/h14-21,23,28H,4-13,22H2,1-3H3,(H,30,31). The molecule has 31 heavy (non-hydrogen) atoms. The summed E-state index contributed by atoms with van der Waals surface area (Å²) in [5, 5.41) is 9.55. The molecule has 2 nitrogen and oxygen atoms in total. The Hall–Kier alpha value is -2.09. The molecule has 0 saturated carbocycles. The minimum atomic E-state index is -0.729. The highest BCUT2D eigenvalue weighted by Gasteiger charge is 2.23. The molecule has 2 aromatic rings. The molecule has 0 heterocycles. The summed E-state index contributed by atoms with van der Waals surface area (Å²) in [4.78, 5) is 11.6. The molecule has 0 fully saturated rings. The fourth-order valence-corrected chi connectivity index (χ4v) is 4.43. The maximum atomic E-state index is 11.6. The van der Waals surface area contributed by atoms with Crippen LogP contribution in [-0.2, 0) is 17.6 Å². The molecule has 2 unspecified atom stereocenters. The normalized spacial score (nSPS) is 13.1. The summed E-state index contributed by atoms with van der Waals surface area (Å²) >= 11 is 0. The van der Waals surface area contributed by atoms with Gasteiger partial charge in [-0.05, 0) is 53.9 Å². The molecule has 0 aliphatic heterocycles. The van der Waals surface area contributed by atoms with Gasteiger partial charge < -0.3 is 5.11 Å². The summed E-state index contributed by atoms with van der Waals surface area (Å²) < 4.78 is 0. The van der Waals surface area contributed by atoms with Crippen LogP contribution >= 0.6 is 0 Å². The van der Waals surface area contributed by atoms with Gasteiger partial charge in [0, 0.05) is 5.92 Å². The van der Waals surface area contributed by atoms with Crippen molar-refractivity contribution in [3.05, 3.63) is 70.8 Å². The summed E-state index contributed by atoms with van der Waals surface area (Å²) in [5.41, 5.74) is 5.10. The van der Waals surface area contributed by atoms with E-state index >= 15 is 0 Å². The van der Waals surface area contributed by atoms with Crippen LogP contribution in [-0.4, -0.2) is 11.1 Å². The van der Waals surface area contributed by atoms with E-state index in [0.717, 1.165) is 18.4 Å². The molecule has 0 aliphatic rings. The molecule has 0 amide bonds. The predicted octanol–water partition coefficient (Wildman–Crippen LogP) is 8.29. The van der Waals surface area contributed by atoms with Crippen molar-refractivity contribution in [3.8, 4) is 0 Å². The molecule has 2 heteroatoms. The van der Waals surface area contributed by atoms with Crippen LogP contribution in [0.15, 0.2) is 48.5 Å². The quantitative estimate of drug-likeness (QED) is 0.293. The zero-order valence-corrected chi connectivity index (χ0v) is 19.9. The first-order valence-electron chi connectivity index (χ1n) is 12.4. The van der Waals surface area contributed by atoms with Crippen LogP contribution in [0.4, 0.5) is 0 Å². The van der Waals surface area contributed by atoms with Crippen LogP contribution in [0, 0.1) is 0 Å². The first-order valence-corrected chi connectivity index (χ1v) is 12.4. The number of unbranched alkanes of at least 4 members (excludes halogenated alkanes) is 6. The van der Waals surface area contributed by atoms with E-state index in [1.165, 1.54) is 68.1 Å². The van der Waals surface area contributed by atoms with E-state index in [2.05, 4.69) is 69.3 Å². The number of hydrogen-bond donors (Lipinski definition) is 1. The highest BCUT2D eigenvalue weighted by Crippen LogP contribution is 2.36. The van der Waals surface area contributed by atoms with Crippen LogP contribution in [0.25, 0.3) is 0 Å². The number of carbonyl (C=O) groups is 1. The van der Waals surface area contributed by atoms with E-state index < -0.39 is 5.97 Å². The van der Waals surface area contributed by atoms with Crippen molar-refractivity contribution >= 4 is 5.97 Å². The summed E-state index contributed by atoms with van der Waals surface area (Å²) in [6, 6.07) is 17.6. The number of carboxylic acids is 1. The van der Waals surface area contributed by atoms with Gasteiger partial charge in [-0.1, -0.05) is 108 Å². The van der Waals surface area contributed by atoms with Crippen molar-refractivity contribution in [2.24, 2.45) is 0 Å². The second kappa shape index (κ2) is 14.1. The van der Waals surface area contributed by atoms with Crippen LogP contribution in [0.2, 0.25) is 0 Å². The topological polar surface area (TPSA) is 37.3 Å². The third-order valence-electron chi connectivity index (χ3n) is 6.55. The summed E-state index contributed by atoms with van der Waals surface area (Å²) in [6.45, 7) is 6.65. The van der Waals surface area contributed by atoms with Crippen LogP contribution in [0.5, 0.6) is 0 Å². The Kier molecular flexibility index (Phi) is 11.4. The third-order valence-corrected chi connectivity index (χ3v) is 6.55. The Balaban J connectivity index is 2.04. The van der Waals surface area contributed by atoms with Crippen LogP contribution in [0.1, 0.15) is 113 Å². The molecule has 2 rings (SSSR count). The van der Waals surface area contributed by atoms with Gasteiger partial charge in [0.05, 0.1) is 6.42 Å². The van der Waals surface area contributed by atoms with E-state index in [4.69, 9.17) is 0 Å². The van der Waals surface area contributed by atoms with Gasteiger partial charge in [-0.25, -0.2) is 0 Å². The predicted molar refractivity (Wildman–Crippen MR) is 132 cm³/mol. The summed E-state index contributed by atoms with van der Waals surface area (Å²) in [7, 11) is 0. The van der Waals surface area contributed by atoms with E-state index in [1.807, 2.05) is 0 Å². The van der Waals surface area contributed by atoms with E-state index in [9.17, 15) is 9.90 Å². The Labute approximate surface area is 190 Å². The first-order chi connectivity index (χ1) is 15.0. The fraction of sp³-hybridized carbons (Fsp3) is 0.552. The Morgan fingerprint density at radius 1 is 0.710 bits per heavy atom. The molecule has 0 bridgehead atoms. The zero-order chi connectivity index (χ0) is 22.5. The van der Waals surface area contributed by atoms with Gasteiger partial charge in [0.15, 0.2) is 0 Å². The van der Waals surface area contributed by atoms with Gasteiger partial charge in [0.1, 0.15) is 0 Å². The van der Waals surface area contributed by atoms with Gasteiger partial charge in [0.25, 0.3) is 0 Å². The van der Waals surface area contributed by atoms with Crippen LogP contribution < -0.4 is 0 Å². The molecule has 170 valence electrons. The lowest BCUT2D eigenvalue weighted by Gasteiger charge is -2.24. The van der Waals surface area contributed by atoms with E-state index in [1.54, 1.807) is 0 Å². The molecule has 2 aromatic carbocycles. The first kappa shape index (κ1) is 25.2. The van der Waals surface area contributed by atoms with Gasteiger partial charge in [0.2, 0.25) is 0 Å². The van der Waals surface area contributed by atoms with Crippen molar-refractivity contribution in [1.82, 2.24) is 0 Å². The highest BCUT2D eigenvalue weighted by molar-refractivity contribution is 5.68. The van der Waals surface area contributed by atoms with Crippen molar-refractivity contribution < 1.29 is 9.90 Å².